The number of hydrogen-bond donors (Lipinski definition) is 1. The Morgan fingerprint density at radius 1 is 0.968 bits per heavy atom. The lowest BCUT2D eigenvalue weighted by atomic mass is 9.84. The van der Waals surface area contributed by atoms with Crippen molar-refractivity contribution in [2.24, 2.45) is 0 Å². The summed E-state index contributed by atoms with van der Waals surface area (Å²) >= 11 is 6.37. The number of rotatable bonds is 2. The van der Waals surface area contributed by atoms with Gasteiger partial charge in [-0.15, -0.1) is 0 Å². The molecule has 152 valence electrons. The van der Waals surface area contributed by atoms with Crippen LogP contribution in [0.1, 0.15) is 34.4 Å². The molecule has 6 heteroatoms. The highest BCUT2D eigenvalue weighted by molar-refractivity contribution is 6.30. The van der Waals surface area contributed by atoms with Gasteiger partial charge >= 0.3 is 0 Å². The Labute approximate surface area is 185 Å². The maximum atomic E-state index is 6.61. The molecule has 0 unspecified atom stereocenters. The summed E-state index contributed by atoms with van der Waals surface area (Å²) in [5.74, 6) is 1.49. The van der Waals surface area contributed by atoms with Gasteiger partial charge in [0, 0.05) is 16.2 Å². The van der Waals surface area contributed by atoms with Crippen LogP contribution in [0.25, 0.3) is 5.70 Å². The maximum absolute atomic E-state index is 6.61. The molecule has 0 amide bonds. The van der Waals surface area contributed by atoms with E-state index in [9.17, 15) is 0 Å². The first-order valence-electron chi connectivity index (χ1n) is 10.2. The molecule has 3 heterocycles. The second kappa shape index (κ2) is 7.00. The van der Waals surface area contributed by atoms with Gasteiger partial charge < -0.3 is 10.1 Å². The monoisotopic (exact) mass is 426 g/mol. The van der Waals surface area contributed by atoms with Gasteiger partial charge in [-0.05, 0) is 36.2 Å². The van der Waals surface area contributed by atoms with Crippen LogP contribution >= 0.6 is 11.6 Å². The molecule has 0 saturated heterocycles. The van der Waals surface area contributed by atoms with Crippen molar-refractivity contribution >= 4 is 23.2 Å². The summed E-state index contributed by atoms with van der Waals surface area (Å²) in [4.78, 5) is 4.46. The lowest BCUT2D eigenvalue weighted by Gasteiger charge is -2.39. The van der Waals surface area contributed by atoms with Crippen LogP contribution in [0.15, 0.2) is 84.7 Å². The molecule has 2 aliphatic rings. The Kier molecular flexibility index (Phi) is 4.11. The van der Waals surface area contributed by atoms with Crippen molar-refractivity contribution in [1.82, 2.24) is 14.8 Å². The minimum Gasteiger partial charge on any atom is -0.480 e. The smallest absolute Gasteiger partial charge is 0.226 e. The molecule has 3 aromatic carbocycles. The summed E-state index contributed by atoms with van der Waals surface area (Å²) in [7, 11) is 0. The average molecular weight is 427 g/mol. The first-order valence-corrected chi connectivity index (χ1v) is 10.6. The van der Waals surface area contributed by atoms with E-state index in [1.165, 1.54) is 5.56 Å². The fourth-order valence-corrected chi connectivity index (χ4v) is 4.59. The number of anilines is 1. The van der Waals surface area contributed by atoms with Crippen molar-refractivity contribution in [2.45, 2.75) is 19.1 Å². The molecule has 0 aliphatic carbocycles. The zero-order valence-electron chi connectivity index (χ0n) is 16.8. The van der Waals surface area contributed by atoms with Crippen molar-refractivity contribution in [1.29, 1.82) is 0 Å². The Morgan fingerprint density at radius 2 is 1.77 bits per heavy atom. The van der Waals surface area contributed by atoms with Crippen molar-refractivity contribution < 1.29 is 4.74 Å². The topological polar surface area (TPSA) is 52.0 Å². The normalized spacial score (nSPS) is 19.0. The van der Waals surface area contributed by atoms with Crippen molar-refractivity contribution in [3.63, 3.8) is 0 Å². The number of nitrogens with one attached hydrogen (secondary N) is 1. The second-order valence-corrected chi connectivity index (χ2v) is 8.28. The third-order valence-electron chi connectivity index (χ3n) is 5.87. The van der Waals surface area contributed by atoms with Crippen LogP contribution < -0.4 is 10.1 Å². The summed E-state index contributed by atoms with van der Waals surface area (Å²) in [5.41, 5.74) is 6.41. The number of hydrogen-bond acceptors (Lipinski definition) is 4. The minimum atomic E-state index is -0.278. The Hall–Kier alpha value is -3.57. The van der Waals surface area contributed by atoms with Gasteiger partial charge in [-0.25, -0.2) is 4.68 Å². The number of aryl methyl sites for hydroxylation is 1. The standard InChI is InChI=1S/C25H19ClN4O/c1-15-7-9-17(10-8-15)24-21-22(19-13-18(26)11-12-20(19)31-24)29-25-27-14-28-30(25)23(21)16-5-3-2-4-6-16/h2-14,23-24H,1H3,(H,27,28,29)/t23-,24-/m1/s1. The number of nitrogens with zero attached hydrogens (tertiary/aromatic N) is 3. The second-order valence-electron chi connectivity index (χ2n) is 7.85. The van der Waals surface area contributed by atoms with Gasteiger partial charge in [0.25, 0.3) is 0 Å². The Balaban J connectivity index is 1.64. The molecule has 0 fully saturated rings. The molecule has 6 rings (SSSR count). The number of aromatic nitrogens is 3. The molecule has 1 aromatic heterocycles. The molecular formula is C25H19ClN4O. The fourth-order valence-electron chi connectivity index (χ4n) is 4.41. The molecule has 1 N–H and O–H groups in total. The van der Waals surface area contributed by atoms with Gasteiger partial charge in [-0.2, -0.15) is 10.1 Å². The van der Waals surface area contributed by atoms with E-state index in [4.69, 9.17) is 16.3 Å². The highest BCUT2D eigenvalue weighted by Gasteiger charge is 2.40. The largest absolute Gasteiger partial charge is 0.480 e. The van der Waals surface area contributed by atoms with Gasteiger partial charge in [-0.1, -0.05) is 71.8 Å². The molecule has 0 saturated carbocycles. The first-order chi connectivity index (χ1) is 15.2. The Bertz CT molecular complexity index is 1310. The molecule has 2 aliphatic heterocycles. The summed E-state index contributed by atoms with van der Waals surface area (Å²) < 4.78 is 8.53. The lowest BCUT2D eigenvalue weighted by Crippen LogP contribution is -2.32. The van der Waals surface area contributed by atoms with Gasteiger partial charge in [0.15, 0.2) is 0 Å². The number of ether oxygens (including phenoxy) is 1. The predicted octanol–water partition coefficient (Wildman–Crippen LogP) is 5.80. The van der Waals surface area contributed by atoms with Crippen LogP contribution in [0.3, 0.4) is 0 Å². The third kappa shape index (κ3) is 2.93. The quantitative estimate of drug-likeness (QED) is 0.440. The molecule has 31 heavy (non-hydrogen) atoms. The summed E-state index contributed by atoms with van der Waals surface area (Å²) in [5, 5.41) is 8.71. The van der Waals surface area contributed by atoms with Crippen molar-refractivity contribution in [3.8, 4) is 5.75 Å². The van der Waals surface area contributed by atoms with Crippen LogP contribution in [-0.2, 0) is 0 Å². The van der Waals surface area contributed by atoms with Gasteiger partial charge in [0.1, 0.15) is 24.2 Å². The summed E-state index contributed by atoms with van der Waals surface area (Å²) in [6, 6.07) is 24.4. The number of benzene rings is 3. The molecule has 0 bridgehead atoms. The molecule has 4 aromatic rings. The van der Waals surface area contributed by atoms with E-state index < -0.39 is 0 Å². The first kappa shape index (κ1) is 18.2. The summed E-state index contributed by atoms with van der Waals surface area (Å²) in [6.45, 7) is 2.09. The van der Waals surface area contributed by atoms with E-state index in [2.05, 4.69) is 58.7 Å². The van der Waals surface area contributed by atoms with Crippen molar-refractivity contribution in [3.05, 3.63) is 112 Å². The Morgan fingerprint density at radius 3 is 2.58 bits per heavy atom. The van der Waals surface area contributed by atoms with E-state index in [1.54, 1.807) is 6.33 Å². The van der Waals surface area contributed by atoms with Crippen molar-refractivity contribution in [2.75, 3.05) is 5.32 Å². The van der Waals surface area contributed by atoms with Crippen LogP contribution in [0, 0.1) is 6.92 Å². The van der Waals surface area contributed by atoms with Gasteiger partial charge in [0.2, 0.25) is 5.95 Å². The molecule has 0 radical (unpaired) electrons. The molecule has 5 nitrogen and oxygen atoms in total. The third-order valence-corrected chi connectivity index (χ3v) is 6.11. The number of halogens is 1. The minimum absolute atomic E-state index is 0.159. The van der Waals surface area contributed by atoms with E-state index in [0.717, 1.165) is 33.7 Å². The zero-order chi connectivity index (χ0) is 20.9. The zero-order valence-corrected chi connectivity index (χ0v) is 17.5. The highest BCUT2D eigenvalue weighted by Crippen LogP contribution is 2.50. The average Bonchev–Trinajstić information content (AvgIpc) is 3.27. The SMILES string of the molecule is Cc1ccc([C@H]2Oc3ccc(Cl)cc3C3=C2[C@@H](c2ccccc2)n2ncnc2N3)cc1. The molecular weight excluding hydrogens is 408 g/mol. The van der Waals surface area contributed by atoms with E-state index >= 15 is 0 Å². The molecule has 0 spiro atoms. The van der Waals surface area contributed by atoms with E-state index in [-0.39, 0.29) is 12.1 Å². The maximum Gasteiger partial charge on any atom is 0.226 e. The lowest BCUT2D eigenvalue weighted by molar-refractivity contribution is 0.223. The van der Waals surface area contributed by atoms with Gasteiger partial charge in [0.05, 0.1) is 5.70 Å². The van der Waals surface area contributed by atoms with Crippen LogP contribution in [0.5, 0.6) is 5.75 Å². The number of fused-ring (bicyclic) bond motifs is 3. The van der Waals surface area contributed by atoms with Crippen LogP contribution in [0.4, 0.5) is 5.95 Å². The summed E-state index contributed by atoms with van der Waals surface area (Å²) in [6.07, 6.45) is 1.30. The highest BCUT2D eigenvalue weighted by atomic mass is 35.5. The van der Waals surface area contributed by atoms with E-state index in [1.807, 2.05) is 41.1 Å². The fraction of sp³-hybridized carbons (Fsp3) is 0.120. The van der Waals surface area contributed by atoms with Gasteiger partial charge in [-0.3, -0.25) is 0 Å². The predicted molar refractivity (Wildman–Crippen MR) is 121 cm³/mol. The van der Waals surface area contributed by atoms with Crippen LogP contribution in [0.2, 0.25) is 5.02 Å². The molecule has 2 atom stereocenters. The van der Waals surface area contributed by atoms with Crippen LogP contribution in [-0.4, -0.2) is 14.8 Å². The van der Waals surface area contributed by atoms with E-state index in [0.29, 0.717) is 11.0 Å².